The SMILES string of the molecule is C[C@H](c1ccccc1)N1CCC(C(=O)O)C1. The first-order valence-electron chi connectivity index (χ1n) is 5.70. The van der Waals surface area contributed by atoms with Gasteiger partial charge in [0.05, 0.1) is 5.92 Å². The number of hydrogen-bond acceptors (Lipinski definition) is 2. The van der Waals surface area contributed by atoms with E-state index in [9.17, 15) is 4.79 Å². The molecule has 0 spiro atoms. The van der Waals surface area contributed by atoms with E-state index in [2.05, 4.69) is 24.0 Å². The van der Waals surface area contributed by atoms with Crippen LogP contribution in [0.1, 0.15) is 24.9 Å². The molecule has 1 aliphatic heterocycles. The third-order valence-corrected chi connectivity index (χ3v) is 3.40. The first kappa shape index (κ1) is 11.1. The van der Waals surface area contributed by atoms with Crippen molar-refractivity contribution in [2.75, 3.05) is 13.1 Å². The second-order valence-electron chi connectivity index (χ2n) is 4.41. The average molecular weight is 219 g/mol. The maximum atomic E-state index is 10.9. The molecule has 0 amide bonds. The summed E-state index contributed by atoms with van der Waals surface area (Å²) in [5.41, 5.74) is 1.26. The highest BCUT2D eigenvalue weighted by Gasteiger charge is 2.30. The zero-order valence-corrected chi connectivity index (χ0v) is 9.47. The second-order valence-corrected chi connectivity index (χ2v) is 4.41. The number of carbonyl (C=O) groups is 1. The largest absolute Gasteiger partial charge is 0.481 e. The fourth-order valence-electron chi connectivity index (χ4n) is 2.28. The van der Waals surface area contributed by atoms with E-state index in [0.717, 1.165) is 13.0 Å². The lowest BCUT2D eigenvalue weighted by atomic mass is 10.1. The van der Waals surface area contributed by atoms with Crippen molar-refractivity contribution < 1.29 is 9.90 Å². The minimum atomic E-state index is -0.664. The molecule has 0 saturated carbocycles. The van der Waals surface area contributed by atoms with Crippen molar-refractivity contribution in [3.8, 4) is 0 Å². The zero-order valence-electron chi connectivity index (χ0n) is 9.47. The Bertz CT molecular complexity index is 363. The van der Waals surface area contributed by atoms with Crippen LogP contribution in [0.5, 0.6) is 0 Å². The molecule has 86 valence electrons. The molecule has 1 fully saturated rings. The van der Waals surface area contributed by atoms with Gasteiger partial charge in [0.2, 0.25) is 0 Å². The van der Waals surface area contributed by atoms with Gasteiger partial charge in [0.1, 0.15) is 0 Å². The molecule has 1 unspecified atom stereocenters. The lowest BCUT2D eigenvalue weighted by molar-refractivity contribution is -0.141. The van der Waals surface area contributed by atoms with Gasteiger partial charge in [-0.3, -0.25) is 9.69 Å². The van der Waals surface area contributed by atoms with Crippen LogP contribution < -0.4 is 0 Å². The van der Waals surface area contributed by atoms with Gasteiger partial charge in [-0.15, -0.1) is 0 Å². The molecule has 1 heterocycles. The molecule has 0 aliphatic carbocycles. The van der Waals surface area contributed by atoms with Crippen LogP contribution in [0.25, 0.3) is 0 Å². The highest BCUT2D eigenvalue weighted by molar-refractivity contribution is 5.70. The standard InChI is InChI=1S/C13H17NO2/c1-10(11-5-3-2-4-6-11)14-8-7-12(9-14)13(15)16/h2-6,10,12H,7-9H2,1H3,(H,15,16)/t10-,12?/m1/s1. The summed E-state index contributed by atoms with van der Waals surface area (Å²) < 4.78 is 0. The lowest BCUT2D eigenvalue weighted by Crippen LogP contribution is -2.26. The van der Waals surface area contributed by atoms with Crippen molar-refractivity contribution in [1.29, 1.82) is 0 Å². The summed E-state index contributed by atoms with van der Waals surface area (Å²) in [5, 5.41) is 8.96. The molecule has 0 radical (unpaired) electrons. The van der Waals surface area contributed by atoms with Gasteiger partial charge in [-0.2, -0.15) is 0 Å². The van der Waals surface area contributed by atoms with E-state index >= 15 is 0 Å². The number of benzene rings is 1. The molecule has 2 atom stereocenters. The summed E-state index contributed by atoms with van der Waals surface area (Å²) in [6.07, 6.45) is 0.770. The minimum Gasteiger partial charge on any atom is -0.481 e. The molecule has 0 bridgehead atoms. The summed E-state index contributed by atoms with van der Waals surface area (Å²) >= 11 is 0. The molecule has 2 rings (SSSR count). The lowest BCUT2D eigenvalue weighted by Gasteiger charge is -2.24. The Morgan fingerprint density at radius 1 is 1.44 bits per heavy atom. The number of carboxylic acids is 1. The van der Waals surface area contributed by atoms with Crippen molar-refractivity contribution in [2.24, 2.45) is 5.92 Å². The Kier molecular flexibility index (Phi) is 3.25. The normalized spacial score (nSPS) is 23.2. The molecule has 1 aliphatic rings. The number of nitrogens with zero attached hydrogens (tertiary/aromatic N) is 1. The van der Waals surface area contributed by atoms with Crippen LogP contribution in [0.4, 0.5) is 0 Å². The highest BCUT2D eigenvalue weighted by Crippen LogP contribution is 2.27. The van der Waals surface area contributed by atoms with E-state index < -0.39 is 5.97 Å². The summed E-state index contributed by atoms with van der Waals surface area (Å²) in [6, 6.07) is 10.6. The molecule has 1 aromatic carbocycles. The van der Waals surface area contributed by atoms with Crippen LogP contribution in [0.2, 0.25) is 0 Å². The van der Waals surface area contributed by atoms with Crippen LogP contribution in [0, 0.1) is 5.92 Å². The first-order chi connectivity index (χ1) is 7.68. The second kappa shape index (κ2) is 4.66. The van der Waals surface area contributed by atoms with Crippen molar-refractivity contribution >= 4 is 5.97 Å². The van der Waals surface area contributed by atoms with Gasteiger partial charge in [0.15, 0.2) is 0 Å². The fourth-order valence-corrected chi connectivity index (χ4v) is 2.28. The van der Waals surface area contributed by atoms with E-state index in [-0.39, 0.29) is 5.92 Å². The number of aliphatic carboxylic acids is 1. The fraction of sp³-hybridized carbons (Fsp3) is 0.462. The van der Waals surface area contributed by atoms with E-state index in [1.165, 1.54) is 5.56 Å². The van der Waals surface area contributed by atoms with Crippen molar-refractivity contribution in [3.63, 3.8) is 0 Å². The maximum absolute atomic E-state index is 10.9. The molecule has 3 heteroatoms. The first-order valence-corrected chi connectivity index (χ1v) is 5.70. The third kappa shape index (κ3) is 2.25. The van der Waals surface area contributed by atoms with Crippen molar-refractivity contribution in [2.45, 2.75) is 19.4 Å². The number of hydrogen-bond donors (Lipinski definition) is 1. The van der Waals surface area contributed by atoms with Crippen molar-refractivity contribution in [3.05, 3.63) is 35.9 Å². The molecule has 1 saturated heterocycles. The van der Waals surface area contributed by atoms with Crippen LogP contribution in [-0.2, 0) is 4.79 Å². The Morgan fingerprint density at radius 2 is 2.12 bits per heavy atom. The van der Waals surface area contributed by atoms with Crippen LogP contribution >= 0.6 is 0 Å². The minimum absolute atomic E-state index is 0.189. The number of rotatable bonds is 3. The molecule has 3 nitrogen and oxygen atoms in total. The summed E-state index contributed by atoms with van der Waals surface area (Å²) in [6.45, 7) is 3.69. The van der Waals surface area contributed by atoms with Gasteiger partial charge in [-0.25, -0.2) is 0 Å². The van der Waals surface area contributed by atoms with Crippen LogP contribution in [-0.4, -0.2) is 29.1 Å². The zero-order chi connectivity index (χ0) is 11.5. The summed E-state index contributed by atoms with van der Waals surface area (Å²) in [5.74, 6) is -0.853. The topological polar surface area (TPSA) is 40.5 Å². The Balaban J connectivity index is 2.02. The Labute approximate surface area is 95.7 Å². The van der Waals surface area contributed by atoms with Gasteiger partial charge in [-0.05, 0) is 25.5 Å². The van der Waals surface area contributed by atoms with E-state index in [1.807, 2.05) is 18.2 Å². The van der Waals surface area contributed by atoms with Gasteiger partial charge in [0.25, 0.3) is 0 Å². The quantitative estimate of drug-likeness (QED) is 0.846. The summed E-state index contributed by atoms with van der Waals surface area (Å²) in [7, 11) is 0. The smallest absolute Gasteiger partial charge is 0.307 e. The predicted octanol–water partition coefficient (Wildman–Crippen LogP) is 2.15. The molecule has 1 aromatic rings. The molecular formula is C13H17NO2. The highest BCUT2D eigenvalue weighted by atomic mass is 16.4. The third-order valence-electron chi connectivity index (χ3n) is 3.40. The van der Waals surface area contributed by atoms with Gasteiger partial charge < -0.3 is 5.11 Å². The van der Waals surface area contributed by atoms with E-state index in [0.29, 0.717) is 12.6 Å². The monoisotopic (exact) mass is 219 g/mol. The number of carboxylic acid groups (broad SMARTS) is 1. The average Bonchev–Trinajstić information content (AvgIpc) is 2.78. The maximum Gasteiger partial charge on any atom is 0.307 e. The van der Waals surface area contributed by atoms with Crippen molar-refractivity contribution in [1.82, 2.24) is 4.90 Å². The van der Waals surface area contributed by atoms with Gasteiger partial charge >= 0.3 is 5.97 Å². The van der Waals surface area contributed by atoms with Crippen LogP contribution in [0.15, 0.2) is 30.3 Å². The molecule has 1 N–H and O–H groups in total. The Morgan fingerprint density at radius 3 is 2.69 bits per heavy atom. The molecule has 0 aromatic heterocycles. The van der Waals surface area contributed by atoms with Crippen LogP contribution in [0.3, 0.4) is 0 Å². The summed E-state index contributed by atoms with van der Waals surface area (Å²) in [4.78, 5) is 13.1. The van der Waals surface area contributed by atoms with Gasteiger partial charge in [-0.1, -0.05) is 30.3 Å². The Hall–Kier alpha value is -1.35. The van der Waals surface area contributed by atoms with E-state index in [1.54, 1.807) is 0 Å². The molecule has 16 heavy (non-hydrogen) atoms. The van der Waals surface area contributed by atoms with E-state index in [4.69, 9.17) is 5.11 Å². The number of likely N-dealkylation sites (tertiary alicyclic amines) is 1. The molecular weight excluding hydrogens is 202 g/mol. The van der Waals surface area contributed by atoms with Gasteiger partial charge in [0, 0.05) is 12.6 Å². The predicted molar refractivity (Wildman–Crippen MR) is 62.2 cm³/mol.